The van der Waals surface area contributed by atoms with Gasteiger partial charge < -0.3 is 0 Å². The fraction of sp³-hybridized carbons (Fsp3) is 0.833. The highest BCUT2D eigenvalue weighted by atomic mass is 14.1. The first-order valence-corrected chi connectivity index (χ1v) is 8.19. The third-order valence-electron chi connectivity index (χ3n) is 3.90. The largest absolute Gasteiger partial charge is 0.133 e. The number of rotatable bonds is 13. The van der Waals surface area contributed by atoms with Gasteiger partial charge in [0.2, 0.25) is 0 Å². The number of hydrogen-bond donors (Lipinski definition) is 0. The van der Waals surface area contributed by atoms with Crippen molar-refractivity contribution in [1.29, 1.82) is 0 Å². The number of allylic oxidation sites excluding steroid dienone is 1. The van der Waals surface area contributed by atoms with Crippen molar-refractivity contribution in [3.63, 3.8) is 0 Å². The molecule has 0 aliphatic carbocycles. The van der Waals surface area contributed by atoms with Crippen LogP contribution in [0.5, 0.6) is 0 Å². The van der Waals surface area contributed by atoms with Gasteiger partial charge in [-0.15, -0.1) is 5.73 Å². The zero-order chi connectivity index (χ0) is 13.5. The quantitative estimate of drug-likeness (QED) is 0.253. The van der Waals surface area contributed by atoms with E-state index in [1.165, 1.54) is 77.0 Å². The molecule has 0 heteroatoms. The summed E-state index contributed by atoms with van der Waals surface area (Å²) in [6.45, 7) is 8.24. The molecule has 0 aromatic rings. The van der Waals surface area contributed by atoms with Crippen molar-refractivity contribution in [2.75, 3.05) is 0 Å². The molecule has 0 bridgehead atoms. The maximum Gasteiger partial charge on any atom is -0.0275 e. The van der Waals surface area contributed by atoms with Crippen molar-refractivity contribution in [1.82, 2.24) is 0 Å². The van der Waals surface area contributed by atoms with E-state index in [0.717, 1.165) is 5.92 Å². The number of hydrogen-bond acceptors (Lipinski definition) is 0. The first-order chi connectivity index (χ1) is 8.85. The lowest BCUT2D eigenvalue weighted by Crippen LogP contribution is -1.98. The molecular formula is C18H34. The molecule has 0 spiro atoms. The van der Waals surface area contributed by atoms with E-state index in [-0.39, 0.29) is 0 Å². The smallest absolute Gasteiger partial charge is 0.0275 e. The molecule has 0 fully saturated rings. The second-order valence-corrected chi connectivity index (χ2v) is 5.52. The van der Waals surface area contributed by atoms with Gasteiger partial charge in [-0.1, -0.05) is 84.6 Å². The SMILES string of the molecule is C=C=CCCCCCCCCC(CC)CCCC. The van der Waals surface area contributed by atoms with Crippen molar-refractivity contribution in [2.24, 2.45) is 5.92 Å². The van der Waals surface area contributed by atoms with Crippen LogP contribution in [0.25, 0.3) is 0 Å². The monoisotopic (exact) mass is 250 g/mol. The predicted molar refractivity (Wildman–Crippen MR) is 84.0 cm³/mol. The summed E-state index contributed by atoms with van der Waals surface area (Å²) in [5, 5.41) is 0. The minimum Gasteiger partial charge on any atom is -0.133 e. The van der Waals surface area contributed by atoms with E-state index in [9.17, 15) is 0 Å². The fourth-order valence-corrected chi connectivity index (χ4v) is 2.53. The Hall–Kier alpha value is -0.480. The van der Waals surface area contributed by atoms with Crippen LogP contribution in [-0.2, 0) is 0 Å². The molecule has 0 nitrogen and oxygen atoms in total. The van der Waals surface area contributed by atoms with Crippen LogP contribution in [0.2, 0.25) is 0 Å². The maximum atomic E-state index is 3.58. The Balaban J connectivity index is 3.24. The average Bonchev–Trinajstić information content (AvgIpc) is 2.40. The molecule has 1 unspecified atom stereocenters. The van der Waals surface area contributed by atoms with Crippen molar-refractivity contribution in [3.8, 4) is 0 Å². The highest BCUT2D eigenvalue weighted by Crippen LogP contribution is 2.20. The standard InChI is InChI=1S/C18H34/c1-4-7-9-10-11-12-13-14-15-17-18(6-3)16-8-5-2/h7,18H,1,5-6,8-17H2,2-3H3. The topological polar surface area (TPSA) is 0 Å². The van der Waals surface area contributed by atoms with E-state index in [0.29, 0.717) is 0 Å². The summed E-state index contributed by atoms with van der Waals surface area (Å²) in [4.78, 5) is 0. The van der Waals surface area contributed by atoms with E-state index in [2.05, 4.69) is 32.2 Å². The van der Waals surface area contributed by atoms with Gasteiger partial charge in [-0.05, 0) is 24.8 Å². The summed E-state index contributed by atoms with van der Waals surface area (Å²) in [5.41, 5.74) is 2.84. The molecule has 1 atom stereocenters. The van der Waals surface area contributed by atoms with Crippen LogP contribution in [0.3, 0.4) is 0 Å². The van der Waals surface area contributed by atoms with E-state index in [1.54, 1.807) is 0 Å². The summed E-state index contributed by atoms with van der Waals surface area (Å²) in [7, 11) is 0. The van der Waals surface area contributed by atoms with Gasteiger partial charge >= 0.3 is 0 Å². The van der Waals surface area contributed by atoms with Crippen molar-refractivity contribution < 1.29 is 0 Å². The predicted octanol–water partition coefficient (Wildman–Crippen LogP) is 6.66. The molecule has 18 heavy (non-hydrogen) atoms. The first-order valence-electron chi connectivity index (χ1n) is 8.19. The highest BCUT2D eigenvalue weighted by Gasteiger charge is 2.04. The van der Waals surface area contributed by atoms with Gasteiger partial charge in [-0.2, -0.15) is 0 Å². The van der Waals surface area contributed by atoms with Gasteiger partial charge in [0.25, 0.3) is 0 Å². The summed E-state index contributed by atoms with van der Waals surface area (Å²) in [5.74, 6) is 1.00. The van der Waals surface area contributed by atoms with Crippen LogP contribution in [0.4, 0.5) is 0 Å². The molecular weight excluding hydrogens is 216 g/mol. The molecule has 0 rings (SSSR count). The van der Waals surface area contributed by atoms with Gasteiger partial charge in [-0.3, -0.25) is 0 Å². The molecule has 0 radical (unpaired) electrons. The van der Waals surface area contributed by atoms with E-state index < -0.39 is 0 Å². The molecule has 0 amide bonds. The molecule has 0 heterocycles. The Kier molecular flexibility index (Phi) is 14.2. The van der Waals surface area contributed by atoms with Crippen LogP contribution in [0.1, 0.15) is 90.9 Å². The van der Waals surface area contributed by atoms with Crippen LogP contribution in [0, 0.1) is 5.92 Å². The second-order valence-electron chi connectivity index (χ2n) is 5.52. The van der Waals surface area contributed by atoms with E-state index in [4.69, 9.17) is 0 Å². The Morgan fingerprint density at radius 2 is 1.50 bits per heavy atom. The van der Waals surface area contributed by atoms with E-state index in [1.807, 2.05) is 0 Å². The molecule has 0 aromatic heterocycles. The molecule has 106 valence electrons. The summed E-state index contributed by atoms with van der Waals surface area (Å²) >= 11 is 0. The highest BCUT2D eigenvalue weighted by molar-refractivity contribution is 4.74. The molecule has 0 aromatic carbocycles. The summed E-state index contributed by atoms with van der Waals surface area (Å²) in [6, 6.07) is 0. The van der Waals surface area contributed by atoms with Gasteiger partial charge in [0.05, 0.1) is 0 Å². The lowest BCUT2D eigenvalue weighted by Gasteiger charge is -2.13. The van der Waals surface area contributed by atoms with Gasteiger partial charge in [-0.25, -0.2) is 0 Å². The fourth-order valence-electron chi connectivity index (χ4n) is 2.53. The molecule has 0 N–H and O–H groups in total. The Bertz CT molecular complexity index is 198. The van der Waals surface area contributed by atoms with Gasteiger partial charge in [0, 0.05) is 0 Å². The molecule has 0 saturated carbocycles. The van der Waals surface area contributed by atoms with Crippen LogP contribution in [0.15, 0.2) is 18.4 Å². The van der Waals surface area contributed by atoms with Crippen LogP contribution >= 0.6 is 0 Å². The molecule has 0 saturated heterocycles. The lowest BCUT2D eigenvalue weighted by molar-refractivity contribution is 0.400. The van der Waals surface area contributed by atoms with Gasteiger partial charge in [0.15, 0.2) is 0 Å². The Morgan fingerprint density at radius 3 is 2.11 bits per heavy atom. The van der Waals surface area contributed by atoms with Crippen molar-refractivity contribution >= 4 is 0 Å². The van der Waals surface area contributed by atoms with Gasteiger partial charge in [0.1, 0.15) is 0 Å². The van der Waals surface area contributed by atoms with Crippen molar-refractivity contribution in [2.45, 2.75) is 90.9 Å². The third kappa shape index (κ3) is 12.0. The van der Waals surface area contributed by atoms with E-state index >= 15 is 0 Å². The Labute approximate surface area is 116 Å². The average molecular weight is 250 g/mol. The maximum absolute atomic E-state index is 3.58. The summed E-state index contributed by atoms with van der Waals surface area (Å²) < 4.78 is 0. The van der Waals surface area contributed by atoms with Crippen LogP contribution in [-0.4, -0.2) is 0 Å². The minimum absolute atomic E-state index is 1.00. The normalized spacial score (nSPS) is 12.1. The lowest BCUT2D eigenvalue weighted by atomic mass is 9.93. The Morgan fingerprint density at radius 1 is 0.889 bits per heavy atom. The first kappa shape index (κ1) is 17.5. The zero-order valence-electron chi connectivity index (χ0n) is 12.8. The number of unbranched alkanes of at least 4 members (excludes halogenated alkanes) is 7. The van der Waals surface area contributed by atoms with Crippen LogP contribution < -0.4 is 0 Å². The van der Waals surface area contributed by atoms with Crippen molar-refractivity contribution in [3.05, 3.63) is 18.4 Å². The zero-order valence-corrected chi connectivity index (χ0v) is 12.8. The summed E-state index contributed by atoms with van der Waals surface area (Å²) in [6.07, 6.45) is 18.8. The molecule has 0 aliphatic rings. The second kappa shape index (κ2) is 14.6. The molecule has 0 aliphatic heterocycles. The minimum atomic E-state index is 1.00. The third-order valence-corrected chi connectivity index (χ3v) is 3.90.